The van der Waals surface area contributed by atoms with E-state index in [1.165, 1.54) is 11.1 Å². The average molecular weight is 395 g/mol. The zero-order chi connectivity index (χ0) is 20.3. The standard InChI is InChI=1S/C18H16F3N3O4/c19-18(20,21)13-5-7-15(16(9-13)24(26)27)22-23-17(25)10-28-14-6-4-11-2-1-3-12(11)8-14/h4-9,22H,1-3,10H2,(H,23,25). The molecule has 1 amide bonds. The molecule has 0 saturated heterocycles. The molecule has 0 spiro atoms. The highest BCUT2D eigenvalue weighted by Crippen LogP contribution is 2.34. The molecule has 0 aliphatic heterocycles. The van der Waals surface area contributed by atoms with E-state index in [0.717, 1.165) is 25.3 Å². The van der Waals surface area contributed by atoms with Crippen LogP contribution in [-0.2, 0) is 23.8 Å². The molecule has 1 aliphatic carbocycles. The van der Waals surface area contributed by atoms with Gasteiger partial charge in [-0.25, -0.2) is 0 Å². The molecule has 2 aromatic rings. The van der Waals surface area contributed by atoms with Crippen molar-refractivity contribution in [1.82, 2.24) is 5.43 Å². The van der Waals surface area contributed by atoms with Gasteiger partial charge in [-0.2, -0.15) is 13.2 Å². The molecule has 1 aliphatic rings. The van der Waals surface area contributed by atoms with E-state index in [9.17, 15) is 28.1 Å². The van der Waals surface area contributed by atoms with Crippen LogP contribution in [0.15, 0.2) is 36.4 Å². The number of halogens is 3. The Morgan fingerprint density at radius 2 is 1.89 bits per heavy atom. The number of amides is 1. The summed E-state index contributed by atoms with van der Waals surface area (Å²) in [7, 11) is 0. The first-order valence-electron chi connectivity index (χ1n) is 8.39. The third kappa shape index (κ3) is 4.51. The normalized spacial score (nSPS) is 13.0. The van der Waals surface area contributed by atoms with Gasteiger partial charge in [-0.15, -0.1) is 0 Å². The number of nitro groups is 1. The van der Waals surface area contributed by atoms with Crippen molar-refractivity contribution in [2.24, 2.45) is 0 Å². The first-order valence-corrected chi connectivity index (χ1v) is 8.39. The highest BCUT2D eigenvalue weighted by Gasteiger charge is 2.33. The topological polar surface area (TPSA) is 93.5 Å². The molecular weight excluding hydrogens is 379 g/mol. The second-order valence-electron chi connectivity index (χ2n) is 6.23. The number of rotatable bonds is 6. The van der Waals surface area contributed by atoms with Gasteiger partial charge in [-0.05, 0) is 54.7 Å². The van der Waals surface area contributed by atoms with Crippen molar-refractivity contribution in [1.29, 1.82) is 0 Å². The minimum absolute atomic E-state index is 0.274. The third-order valence-corrected chi connectivity index (χ3v) is 4.30. The molecule has 0 bridgehead atoms. The lowest BCUT2D eigenvalue weighted by Crippen LogP contribution is -2.33. The molecule has 2 N–H and O–H groups in total. The van der Waals surface area contributed by atoms with Crippen LogP contribution in [0.2, 0.25) is 0 Å². The van der Waals surface area contributed by atoms with Gasteiger partial charge in [0.25, 0.3) is 11.6 Å². The van der Waals surface area contributed by atoms with Gasteiger partial charge in [0.2, 0.25) is 0 Å². The number of carbonyl (C=O) groups excluding carboxylic acids is 1. The number of ether oxygens (including phenoxy) is 1. The number of nitrogens with zero attached hydrogens (tertiary/aromatic N) is 1. The number of anilines is 1. The fraction of sp³-hybridized carbons (Fsp3) is 0.278. The number of fused-ring (bicyclic) bond motifs is 1. The van der Waals surface area contributed by atoms with Gasteiger partial charge in [0.1, 0.15) is 11.4 Å². The van der Waals surface area contributed by atoms with Crippen LogP contribution in [0.25, 0.3) is 0 Å². The quantitative estimate of drug-likeness (QED) is 0.576. The molecule has 10 heteroatoms. The van der Waals surface area contributed by atoms with E-state index in [4.69, 9.17) is 4.74 Å². The molecule has 3 rings (SSSR count). The van der Waals surface area contributed by atoms with Gasteiger partial charge in [-0.3, -0.25) is 25.8 Å². The Bertz CT molecular complexity index is 915. The first-order chi connectivity index (χ1) is 13.2. The Hall–Kier alpha value is -3.30. The van der Waals surface area contributed by atoms with E-state index < -0.39 is 28.3 Å². The van der Waals surface area contributed by atoms with Gasteiger partial charge in [0.15, 0.2) is 6.61 Å². The summed E-state index contributed by atoms with van der Waals surface area (Å²) in [5.41, 5.74) is 4.63. The zero-order valence-corrected chi connectivity index (χ0v) is 14.5. The van der Waals surface area contributed by atoms with Crippen molar-refractivity contribution < 1.29 is 27.6 Å². The summed E-state index contributed by atoms with van der Waals surface area (Å²) in [6.07, 6.45) is -1.66. The van der Waals surface area contributed by atoms with Crippen LogP contribution < -0.4 is 15.6 Å². The fourth-order valence-corrected chi connectivity index (χ4v) is 2.92. The lowest BCUT2D eigenvalue weighted by atomic mass is 10.1. The van der Waals surface area contributed by atoms with Crippen molar-refractivity contribution in [3.8, 4) is 5.75 Å². The van der Waals surface area contributed by atoms with E-state index >= 15 is 0 Å². The van der Waals surface area contributed by atoms with Gasteiger partial charge in [0.05, 0.1) is 10.5 Å². The summed E-state index contributed by atoms with van der Waals surface area (Å²) in [5.74, 6) is -0.119. The van der Waals surface area contributed by atoms with Crippen LogP contribution in [0.5, 0.6) is 5.75 Å². The minimum atomic E-state index is -4.71. The van der Waals surface area contributed by atoms with Crippen molar-refractivity contribution in [3.05, 3.63) is 63.2 Å². The number of nitrogens with one attached hydrogen (secondary N) is 2. The number of nitro benzene ring substituents is 1. The predicted octanol–water partition coefficient (Wildman–Crippen LogP) is 3.62. The minimum Gasteiger partial charge on any atom is -0.484 e. The molecule has 7 nitrogen and oxygen atoms in total. The van der Waals surface area contributed by atoms with Crippen molar-refractivity contribution in [2.45, 2.75) is 25.4 Å². The maximum absolute atomic E-state index is 12.7. The number of hydrogen-bond acceptors (Lipinski definition) is 5. The number of hydrazine groups is 1. The highest BCUT2D eigenvalue weighted by atomic mass is 19.4. The highest BCUT2D eigenvalue weighted by molar-refractivity contribution is 5.79. The van der Waals surface area contributed by atoms with Crippen LogP contribution in [0.4, 0.5) is 24.5 Å². The van der Waals surface area contributed by atoms with Gasteiger partial charge >= 0.3 is 6.18 Å². The van der Waals surface area contributed by atoms with Gasteiger partial charge in [0, 0.05) is 6.07 Å². The molecule has 0 fully saturated rings. The number of hydrogen-bond donors (Lipinski definition) is 2. The summed E-state index contributed by atoms with van der Waals surface area (Å²) in [4.78, 5) is 21.9. The molecular formula is C18H16F3N3O4. The molecule has 0 atom stereocenters. The van der Waals surface area contributed by atoms with E-state index in [0.29, 0.717) is 17.9 Å². The molecule has 0 radical (unpaired) electrons. The Kier molecular flexibility index (Phi) is 5.39. The van der Waals surface area contributed by atoms with E-state index in [1.54, 1.807) is 6.07 Å². The number of alkyl halides is 3. The fourth-order valence-electron chi connectivity index (χ4n) is 2.92. The van der Waals surface area contributed by atoms with Crippen LogP contribution in [-0.4, -0.2) is 17.4 Å². The monoisotopic (exact) mass is 395 g/mol. The Morgan fingerprint density at radius 3 is 2.61 bits per heavy atom. The Balaban J connectivity index is 1.59. The van der Waals surface area contributed by atoms with Crippen LogP contribution in [0.3, 0.4) is 0 Å². The number of aryl methyl sites for hydroxylation is 2. The van der Waals surface area contributed by atoms with Crippen LogP contribution >= 0.6 is 0 Å². The third-order valence-electron chi connectivity index (χ3n) is 4.30. The van der Waals surface area contributed by atoms with Crippen molar-refractivity contribution >= 4 is 17.3 Å². The maximum atomic E-state index is 12.7. The molecule has 2 aromatic carbocycles. The first kappa shape index (κ1) is 19.5. The molecule has 0 aromatic heterocycles. The van der Waals surface area contributed by atoms with Gasteiger partial charge in [-0.1, -0.05) is 6.07 Å². The number of benzene rings is 2. The summed E-state index contributed by atoms with van der Waals surface area (Å²) in [6.45, 7) is -0.361. The van der Waals surface area contributed by atoms with Crippen molar-refractivity contribution in [2.75, 3.05) is 12.0 Å². The molecule has 28 heavy (non-hydrogen) atoms. The second kappa shape index (κ2) is 7.75. The van der Waals surface area contributed by atoms with Crippen LogP contribution in [0, 0.1) is 10.1 Å². The number of carbonyl (C=O) groups is 1. The van der Waals surface area contributed by atoms with Crippen LogP contribution in [0.1, 0.15) is 23.1 Å². The predicted molar refractivity (Wildman–Crippen MR) is 93.8 cm³/mol. The van der Waals surface area contributed by atoms with Crippen molar-refractivity contribution in [3.63, 3.8) is 0 Å². The maximum Gasteiger partial charge on any atom is 0.416 e. The zero-order valence-electron chi connectivity index (χ0n) is 14.5. The SMILES string of the molecule is O=C(COc1ccc2c(c1)CCC2)NNc1ccc(C(F)(F)F)cc1[N+](=O)[O-]. The summed E-state index contributed by atoms with van der Waals surface area (Å²) in [5, 5.41) is 11.0. The molecule has 0 unspecified atom stereocenters. The Labute approximate surface area is 157 Å². The largest absolute Gasteiger partial charge is 0.484 e. The summed E-state index contributed by atoms with van der Waals surface area (Å²) in [6, 6.07) is 7.52. The van der Waals surface area contributed by atoms with E-state index in [2.05, 4.69) is 10.9 Å². The average Bonchev–Trinajstić information content (AvgIpc) is 3.11. The Morgan fingerprint density at radius 1 is 1.14 bits per heavy atom. The summed E-state index contributed by atoms with van der Waals surface area (Å²) >= 11 is 0. The summed E-state index contributed by atoms with van der Waals surface area (Å²) < 4.78 is 43.5. The smallest absolute Gasteiger partial charge is 0.416 e. The lowest BCUT2D eigenvalue weighted by Gasteiger charge is -2.12. The van der Waals surface area contributed by atoms with E-state index in [1.807, 2.05) is 12.1 Å². The molecule has 0 saturated carbocycles. The van der Waals surface area contributed by atoms with Gasteiger partial charge < -0.3 is 4.74 Å². The second-order valence-corrected chi connectivity index (χ2v) is 6.23. The molecule has 0 heterocycles. The van der Waals surface area contributed by atoms with E-state index in [-0.39, 0.29) is 12.3 Å². The molecule has 148 valence electrons. The lowest BCUT2D eigenvalue weighted by molar-refractivity contribution is -0.384.